The van der Waals surface area contributed by atoms with Crippen molar-refractivity contribution in [2.75, 3.05) is 0 Å². The summed E-state index contributed by atoms with van der Waals surface area (Å²) in [6, 6.07) is 6.63. The van der Waals surface area contributed by atoms with Gasteiger partial charge < -0.3 is 0 Å². The van der Waals surface area contributed by atoms with Gasteiger partial charge in [0, 0.05) is 12.8 Å². The van der Waals surface area contributed by atoms with Crippen LogP contribution in [0.15, 0.2) is 18.2 Å². The van der Waals surface area contributed by atoms with Gasteiger partial charge in [-0.05, 0) is 42.4 Å². The maximum atomic E-state index is 11.9. The second-order valence-electron chi connectivity index (χ2n) is 5.48. The van der Waals surface area contributed by atoms with Gasteiger partial charge in [0.05, 0.1) is 0 Å². The molecule has 0 heterocycles. The Morgan fingerprint density at radius 3 is 2.78 bits per heavy atom. The predicted octanol–water partition coefficient (Wildman–Crippen LogP) is 4.26. The normalized spacial score (nSPS) is 13.6. The molecule has 0 N–H and O–H groups in total. The topological polar surface area (TPSA) is 17.1 Å². The number of benzene rings is 1. The minimum absolute atomic E-state index is 0.407. The number of hydrogen-bond acceptors (Lipinski definition) is 1. The molecular formula is C17H24O. The van der Waals surface area contributed by atoms with Gasteiger partial charge in [-0.2, -0.15) is 0 Å². The first kappa shape index (κ1) is 13.3. The van der Waals surface area contributed by atoms with Crippen LogP contribution in [-0.2, 0) is 24.1 Å². The highest BCUT2D eigenvalue weighted by atomic mass is 16.1. The largest absolute Gasteiger partial charge is 0.299 e. The quantitative estimate of drug-likeness (QED) is 0.655. The van der Waals surface area contributed by atoms with Crippen LogP contribution >= 0.6 is 0 Å². The Morgan fingerprint density at radius 2 is 1.94 bits per heavy atom. The molecule has 0 spiro atoms. The lowest BCUT2D eigenvalue weighted by molar-refractivity contribution is -0.118. The van der Waals surface area contributed by atoms with E-state index in [1.54, 1.807) is 0 Å². The SMILES string of the molecule is CCCCCCC(=O)Cc1ccc2c(c1)CCC2. The molecule has 0 bridgehead atoms. The molecule has 18 heavy (non-hydrogen) atoms. The molecule has 1 nitrogen and oxygen atoms in total. The van der Waals surface area contributed by atoms with Gasteiger partial charge >= 0.3 is 0 Å². The maximum absolute atomic E-state index is 11.9. The summed E-state index contributed by atoms with van der Waals surface area (Å²) in [5, 5.41) is 0. The predicted molar refractivity (Wildman–Crippen MR) is 75.9 cm³/mol. The molecule has 0 saturated carbocycles. The summed E-state index contributed by atoms with van der Waals surface area (Å²) in [7, 11) is 0. The van der Waals surface area contributed by atoms with Crippen molar-refractivity contribution >= 4 is 5.78 Å². The molecule has 0 radical (unpaired) electrons. The number of ketones is 1. The number of aryl methyl sites for hydroxylation is 2. The fourth-order valence-electron chi connectivity index (χ4n) is 2.80. The lowest BCUT2D eigenvalue weighted by Gasteiger charge is -2.05. The first-order valence-electron chi connectivity index (χ1n) is 7.42. The Balaban J connectivity index is 1.80. The average molecular weight is 244 g/mol. The van der Waals surface area contributed by atoms with Crippen LogP contribution in [0.1, 0.15) is 62.1 Å². The summed E-state index contributed by atoms with van der Waals surface area (Å²) in [5.41, 5.74) is 4.19. The number of rotatable bonds is 7. The van der Waals surface area contributed by atoms with Gasteiger partial charge in [0.25, 0.3) is 0 Å². The molecule has 0 aromatic heterocycles. The molecule has 0 saturated heterocycles. The Morgan fingerprint density at radius 1 is 1.11 bits per heavy atom. The van der Waals surface area contributed by atoms with Gasteiger partial charge in [0.2, 0.25) is 0 Å². The molecule has 98 valence electrons. The molecule has 0 unspecified atom stereocenters. The van der Waals surface area contributed by atoms with Crippen molar-refractivity contribution in [2.45, 2.75) is 64.7 Å². The first-order valence-corrected chi connectivity index (χ1v) is 7.42. The maximum Gasteiger partial charge on any atom is 0.137 e. The zero-order valence-electron chi connectivity index (χ0n) is 11.5. The minimum atomic E-state index is 0.407. The Hall–Kier alpha value is -1.11. The summed E-state index contributed by atoms with van der Waals surface area (Å²) in [6.07, 6.45) is 9.86. The van der Waals surface area contributed by atoms with Gasteiger partial charge in [-0.15, -0.1) is 0 Å². The lowest BCUT2D eigenvalue weighted by Crippen LogP contribution is -2.03. The van der Waals surface area contributed by atoms with Crippen LogP contribution in [0.2, 0.25) is 0 Å². The fourth-order valence-corrected chi connectivity index (χ4v) is 2.80. The summed E-state index contributed by atoms with van der Waals surface area (Å²) in [6.45, 7) is 2.20. The van der Waals surface area contributed by atoms with Crippen LogP contribution in [0.25, 0.3) is 0 Å². The molecular weight excluding hydrogens is 220 g/mol. The van der Waals surface area contributed by atoms with Gasteiger partial charge in [0.15, 0.2) is 0 Å². The lowest BCUT2D eigenvalue weighted by atomic mass is 10.0. The summed E-state index contributed by atoms with van der Waals surface area (Å²) in [4.78, 5) is 11.9. The van der Waals surface area contributed by atoms with Crippen LogP contribution in [0.5, 0.6) is 0 Å². The van der Waals surface area contributed by atoms with E-state index in [4.69, 9.17) is 0 Å². The van der Waals surface area contributed by atoms with Gasteiger partial charge in [-0.3, -0.25) is 4.79 Å². The van der Waals surface area contributed by atoms with Crippen LogP contribution < -0.4 is 0 Å². The van der Waals surface area contributed by atoms with Crippen LogP contribution in [-0.4, -0.2) is 5.78 Å². The van der Waals surface area contributed by atoms with Crippen molar-refractivity contribution in [3.8, 4) is 0 Å². The third kappa shape index (κ3) is 3.69. The highest BCUT2D eigenvalue weighted by molar-refractivity contribution is 5.80. The van der Waals surface area contributed by atoms with E-state index in [9.17, 15) is 4.79 Å². The molecule has 1 aliphatic rings. The highest BCUT2D eigenvalue weighted by Crippen LogP contribution is 2.23. The van der Waals surface area contributed by atoms with Gasteiger partial charge in [-0.1, -0.05) is 44.4 Å². The van der Waals surface area contributed by atoms with Crippen LogP contribution in [0.3, 0.4) is 0 Å². The number of fused-ring (bicyclic) bond motifs is 1. The van der Waals surface area contributed by atoms with E-state index in [0.29, 0.717) is 12.2 Å². The molecule has 0 aliphatic heterocycles. The van der Waals surface area contributed by atoms with E-state index >= 15 is 0 Å². The zero-order valence-corrected chi connectivity index (χ0v) is 11.5. The third-order valence-corrected chi connectivity index (χ3v) is 3.87. The first-order chi connectivity index (χ1) is 8.79. The van der Waals surface area contributed by atoms with Crippen molar-refractivity contribution in [1.82, 2.24) is 0 Å². The average Bonchev–Trinajstić information content (AvgIpc) is 2.82. The van der Waals surface area contributed by atoms with Gasteiger partial charge in [0.1, 0.15) is 5.78 Å². The van der Waals surface area contributed by atoms with Crippen molar-refractivity contribution < 1.29 is 4.79 Å². The van der Waals surface area contributed by atoms with Crippen molar-refractivity contribution in [1.29, 1.82) is 0 Å². The van der Waals surface area contributed by atoms with E-state index in [0.717, 1.165) is 12.8 Å². The second kappa shape index (κ2) is 6.72. The number of hydrogen-bond donors (Lipinski definition) is 0. The standard InChI is InChI=1S/C17H24O/c1-2-3-4-5-9-17(18)13-14-10-11-15-7-6-8-16(15)12-14/h10-12H,2-9,13H2,1H3. The highest BCUT2D eigenvalue weighted by Gasteiger charge is 2.12. The third-order valence-electron chi connectivity index (χ3n) is 3.87. The summed E-state index contributed by atoms with van der Waals surface area (Å²) >= 11 is 0. The van der Waals surface area contributed by atoms with E-state index in [1.807, 2.05) is 0 Å². The summed E-state index contributed by atoms with van der Waals surface area (Å²) < 4.78 is 0. The monoisotopic (exact) mass is 244 g/mol. The van der Waals surface area contributed by atoms with Crippen molar-refractivity contribution in [3.05, 3.63) is 34.9 Å². The molecule has 2 rings (SSSR count). The zero-order chi connectivity index (χ0) is 12.8. The van der Waals surface area contributed by atoms with Crippen LogP contribution in [0, 0.1) is 0 Å². The molecule has 1 aromatic carbocycles. The van der Waals surface area contributed by atoms with E-state index in [-0.39, 0.29) is 0 Å². The Labute approximate surface area is 111 Å². The number of unbranched alkanes of at least 4 members (excludes halogenated alkanes) is 3. The molecule has 0 fully saturated rings. The number of carbonyl (C=O) groups excluding carboxylic acids is 1. The Kier molecular flexibility index (Phi) is 4.98. The number of carbonyl (C=O) groups is 1. The molecule has 0 amide bonds. The van der Waals surface area contributed by atoms with E-state index in [2.05, 4.69) is 25.1 Å². The fraction of sp³-hybridized carbons (Fsp3) is 0.588. The molecule has 1 aromatic rings. The molecule has 1 heteroatoms. The van der Waals surface area contributed by atoms with E-state index in [1.165, 1.54) is 55.2 Å². The van der Waals surface area contributed by atoms with Gasteiger partial charge in [-0.25, -0.2) is 0 Å². The Bertz CT molecular complexity index is 406. The van der Waals surface area contributed by atoms with Crippen molar-refractivity contribution in [3.63, 3.8) is 0 Å². The smallest absolute Gasteiger partial charge is 0.137 e. The molecule has 0 atom stereocenters. The van der Waals surface area contributed by atoms with Crippen molar-refractivity contribution in [2.24, 2.45) is 0 Å². The van der Waals surface area contributed by atoms with Crippen LogP contribution in [0.4, 0.5) is 0 Å². The molecule has 1 aliphatic carbocycles. The van der Waals surface area contributed by atoms with E-state index < -0.39 is 0 Å². The minimum Gasteiger partial charge on any atom is -0.299 e. The summed E-state index contributed by atoms with van der Waals surface area (Å²) in [5.74, 6) is 0.407. The second-order valence-corrected chi connectivity index (χ2v) is 5.48. The number of Topliss-reactive ketones (excluding diaryl/α,β-unsaturated/α-hetero) is 1.